The Morgan fingerprint density at radius 1 is 1.43 bits per heavy atom. The van der Waals surface area contributed by atoms with E-state index in [4.69, 9.17) is 4.74 Å². The van der Waals surface area contributed by atoms with Crippen molar-refractivity contribution >= 4 is 12.0 Å². The molecule has 0 spiro atoms. The highest BCUT2D eigenvalue weighted by Crippen LogP contribution is 2.18. The van der Waals surface area contributed by atoms with Crippen LogP contribution in [0.2, 0.25) is 0 Å². The van der Waals surface area contributed by atoms with Crippen LogP contribution in [0.5, 0.6) is 0 Å². The van der Waals surface area contributed by atoms with E-state index in [2.05, 4.69) is 22.5 Å². The molecule has 0 atom stereocenters. The van der Waals surface area contributed by atoms with E-state index < -0.39 is 11.7 Å². The summed E-state index contributed by atoms with van der Waals surface area (Å²) in [6.45, 7) is 6.10. The highest BCUT2D eigenvalue weighted by atomic mass is 16.6. The van der Waals surface area contributed by atoms with E-state index in [9.17, 15) is 9.59 Å². The average Bonchev–Trinajstić information content (AvgIpc) is 2.75. The van der Waals surface area contributed by atoms with E-state index >= 15 is 0 Å². The summed E-state index contributed by atoms with van der Waals surface area (Å²) in [6, 6.07) is 5.44. The monoisotopic (exact) mass is 286 g/mol. The summed E-state index contributed by atoms with van der Waals surface area (Å²) >= 11 is 0. The molecule has 0 saturated carbocycles. The first-order chi connectivity index (χ1) is 9.87. The van der Waals surface area contributed by atoms with Crippen molar-refractivity contribution in [3.8, 4) is 11.8 Å². The van der Waals surface area contributed by atoms with E-state index in [-0.39, 0.29) is 12.5 Å². The first kappa shape index (κ1) is 14.9. The van der Waals surface area contributed by atoms with Gasteiger partial charge in [-0.3, -0.25) is 4.79 Å². The molecule has 1 aromatic rings. The number of alkyl carbamates (subject to hydrolysis) is 1. The number of hydrogen-bond donors (Lipinski definition) is 2. The summed E-state index contributed by atoms with van der Waals surface area (Å²) < 4.78 is 5.11. The maximum absolute atomic E-state index is 11.5. The molecule has 1 aliphatic heterocycles. The summed E-state index contributed by atoms with van der Waals surface area (Å²) in [4.78, 5) is 23.0. The minimum atomic E-state index is -0.524. The van der Waals surface area contributed by atoms with Crippen molar-refractivity contribution in [1.82, 2.24) is 10.6 Å². The van der Waals surface area contributed by atoms with Gasteiger partial charge < -0.3 is 15.4 Å². The van der Waals surface area contributed by atoms with Gasteiger partial charge >= 0.3 is 6.09 Å². The second-order valence-corrected chi connectivity index (χ2v) is 5.67. The highest BCUT2D eigenvalue weighted by Gasteiger charge is 2.20. The van der Waals surface area contributed by atoms with Crippen LogP contribution in [0.1, 0.15) is 42.3 Å². The number of rotatable bonds is 1. The number of hydrogen-bond acceptors (Lipinski definition) is 3. The van der Waals surface area contributed by atoms with Crippen LogP contribution in [-0.4, -0.2) is 24.1 Å². The molecule has 0 unspecified atom stereocenters. The number of carbonyl (C=O) groups excluding carboxylic acids is 2. The van der Waals surface area contributed by atoms with Crippen LogP contribution >= 0.6 is 0 Å². The lowest BCUT2D eigenvalue weighted by atomic mass is 10.0. The van der Waals surface area contributed by atoms with Crippen LogP contribution in [0.25, 0.3) is 0 Å². The Kier molecular flexibility index (Phi) is 4.18. The van der Waals surface area contributed by atoms with Crippen LogP contribution in [0.3, 0.4) is 0 Å². The Labute approximate surface area is 124 Å². The van der Waals surface area contributed by atoms with Crippen molar-refractivity contribution in [3.05, 3.63) is 34.9 Å². The summed E-state index contributed by atoms with van der Waals surface area (Å²) in [6.07, 6.45) is -0.494. The van der Waals surface area contributed by atoms with Gasteiger partial charge in [-0.25, -0.2) is 4.79 Å². The Hall–Kier alpha value is -2.48. The molecular weight excluding hydrogens is 268 g/mol. The van der Waals surface area contributed by atoms with E-state index in [0.717, 1.165) is 11.1 Å². The van der Waals surface area contributed by atoms with Gasteiger partial charge in [0.1, 0.15) is 5.60 Å². The molecule has 0 aliphatic carbocycles. The fourth-order valence-corrected chi connectivity index (χ4v) is 1.94. The van der Waals surface area contributed by atoms with Gasteiger partial charge in [0, 0.05) is 17.7 Å². The molecule has 5 nitrogen and oxygen atoms in total. The molecule has 2 amide bonds. The van der Waals surface area contributed by atoms with Gasteiger partial charge in [0.25, 0.3) is 5.91 Å². The second-order valence-electron chi connectivity index (χ2n) is 5.67. The van der Waals surface area contributed by atoms with Gasteiger partial charge in [-0.15, -0.1) is 0 Å². The zero-order valence-corrected chi connectivity index (χ0v) is 12.4. The van der Waals surface area contributed by atoms with Gasteiger partial charge in [0.05, 0.1) is 6.54 Å². The van der Waals surface area contributed by atoms with Gasteiger partial charge in [-0.05, 0) is 38.5 Å². The molecular formula is C16H18N2O3. The SMILES string of the molecule is CC(C)(C)OC(=O)NCC#Cc1cccc2c1CNC2=O. The Balaban J connectivity index is 1.96. The van der Waals surface area contributed by atoms with Crippen molar-refractivity contribution in [2.24, 2.45) is 0 Å². The molecule has 1 aromatic carbocycles. The van der Waals surface area contributed by atoms with Crippen molar-refractivity contribution < 1.29 is 14.3 Å². The summed E-state index contributed by atoms with van der Waals surface area (Å²) in [7, 11) is 0. The largest absolute Gasteiger partial charge is 0.444 e. The molecule has 0 saturated heterocycles. The second kappa shape index (κ2) is 5.88. The third-order valence-electron chi connectivity index (χ3n) is 2.79. The first-order valence-corrected chi connectivity index (χ1v) is 6.72. The lowest BCUT2D eigenvalue weighted by Gasteiger charge is -2.19. The predicted octanol–water partition coefficient (Wildman–Crippen LogP) is 1.81. The number of carbonyl (C=O) groups is 2. The fraction of sp³-hybridized carbons (Fsp3) is 0.375. The van der Waals surface area contributed by atoms with Gasteiger partial charge in [0.15, 0.2) is 0 Å². The molecule has 0 radical (unpaired) electrons. The molecule has 1 aliphatic rings. The topological polar surface area (TPSA) is 67.4 Å². The summed E-state index contributed by atoms with van der Waals surface area (Å²) in [5.41, 5.74) is 1.86. The molecule has 5 heteroatoms. The number of nitrogens with one attached hydrogen (secondary N) is 2. The molecule has 110 valence electrons. The average molecular weight is 286 g/mol. The van der Waals surface area contributed by atoms with E-state index in [1.165, 1.54) is 0 Å². The predicted molar refractivity (Wildman–Crippen MR) is 78.7 cm³/mol. The van der Waals surface area contributed by atoms with E-state index in [1.807, 2.05) is 6.07 Å². The minimum absolute atomic E-state index is 0.0690. The molecule has 0 fully saturated rings. The number of benzene rings is 1. The number of ether oxygens (including phenoxy) is 1. The third-order valence-corrected chi connectivity index (χ3v) is 2.79. The summed E-state index contributed by atoms with van der Waals surface area (Å²) in [5, 5.41) is 5.33. The lowest BCUT2D eigenvalue weighted by molar-refractivity contribution is 0.0535. The van der Waals surface area contributed by atoms with E-state index in [0.29, 0.717) is 12.1 Å². The zero-order chi connectivity index (χ0) is 15.5. The van der Waals surface area contributed by atoms with Crippen LogP contribution in [0, 0.1) is 11.8 Å². The van der Waals surface area contributed by atoms with Crippen LogP contribution in [0.4, 0.5) is 4.79 Å². The smallest absolute Gasteiger partial charge is 0.408 e. The fourth-order valence-electron chi connectivity index (χ4n) is 1.94. The van der Waals surface area contributed by atoms with E-state index in [1.54, 1.807) is 32.9 Å². The van der Waals surface area contributed by atoms with Crippen LogP contribution < -0.4 is 10.6 Å². The number of amides is 2. The molecule has 2 rings (SSSR count). The van der Waals surface area contributed by atoms with Gasteiger partial charge in [-0.2, -0.15) is 0 Å². The quantitative estimate of drug-likeness (QED) is 0.774. The Morgan fingerprint density at radius 2 is 2.19 bits per heavy atom. The summed E-state index contributed by atoms with van der Waals surface area (Å²) in [5.74, 6) is 5.76. The molecule has 1 heterocycles. The van der Waals surface area contributed by atoms with Crippen molar-refractivity contribution in [2.45, 2.75) is 32.9 Å². The third kappa shape index (κ3) is 3.99. The maximum Gasteiger partial charge on any atom is 0.408 e. The van der Waals surface area contributed by atoms with Gasteiger partial charge in [-0.1, -0.05) is 17.9 Å². The van der Waals surface area contributed by atoms with Crippen molar-refractivity contribution in [3.63, 3.8) is 0 Å². The normalized spacial score (nSPS) is 12.8. The molecule has 0 bridgehead atoms. The maximum atomic E-state index is 11.5. The number of fused-ring (bicyclic) bond motifs is 1. The standard InChI is InChI=1S/C16H18N2O3/c1-16(2,3)21-15(20)17-9-5-7-11-6-4-8-12-13(11)10-18-14(12)19/h4,6,8H,9-10H2,1-3H3,(H,17,20)(H,18,19). The Bertz CT molecular complexity index is 633. The minimum Gasteiger partial charge on any atom is -0.444 e. The van der Waals surface area contributed by atoms with Gasteiger partial charge in [0.2, 0.25) is 0 Å². The van der Waals surface area contributed by atoms with Crippen LogP contribution in [-0.2, 0) is 11.3 Å². The van der Waals surface area contributed by atoms with Crippen molar-refractivity contribution in [2.75, 3.05) is 6.54 Å². The highest BCUT2D eigenvalue weighted by molar-refractivity contribution is 5.99. The molecule has 2 N–H and O–H groups in total. The Morgan fingerprint density at radius 3 is 2.90 bits per heavy atom. The molecule has 0 aromatic heterocycles. The zero-order valence-electron chi connectivity index (χ0n) is 12.4. The first-order valence-electron chi connectivity index (χ1n) is 6.72. The van der Waals surface area contributed by atoms with Crippen molar-refractivity contribution in [1.29, 1.82) is 0 Å². The molecule has 21 heavy (non-hydrogen) atoms. The lowest BCUT2D eigenvalue weighted by Crippen LogP contribution is -2.32. The van der Waals surface area contributed by atoms with Crippen LogP contribution in [0.15, 0.2) is 18.2 Å².